The van der Waals surface area contributed by atoms with Gasteiger partial charge >= 0.3 is 0 Å². The van der Waals surface area contributed by atoms with Crippen LogP contribution in [-0.4, -0.2) is 35.9 Å². The van der Waals surface area contributed by atoms with Gasteiger partial charge in [0.2, 0.25) is 5.88 Å². The zero-order chi connectivity index (χ0) is 12.3. The van der Waals surface area contributed by atoms with Crippen molar-refractivity contribution in [3.8, 4) is 5.88 Å². The Hall–Kier alpha value is -1.29. The van der Waals surface area contributed by atoms with Crippen molar-refractivity contribution in [1.29, 1.82) is 0 Å². The molecule has 1 aliphatic rings. The second-order valence-electron chi connectivity index (χ2n) is 4.55. The quantitative estimate of drug-likeness (QED) is 0.867. The van der Waals surface area contributed by atoms with Gasteiger partial charge in [0.05, 0.1) is 12.7 Å². The second kappa shape index (κ2) is 5.36. The molecule has 1 aromatic rings. The van der Waals surface area contributed by atoms with E-state index in [2.05, 4.69) is 16.8 Å². The van der Waals surface area contributed by atoms with Gasteiger partial charge in [-0.2, -0.15) is 4.98 Å². The Morgan fingerprint density at radius 1 is 1.53 bits per heavy atom. The number of aromatic nitrogens is 1. The molecule has 17 heavy (non-hydrogen) atoms. The minimum Gasteiger partial charge on any atom is -0.478 e. The molecule has 4 nitrogen and oxygen atoms in total. The Labute approximate surface area is 102 Å². The third kappa shape index (κ3) is 2.88. The topological polar surface area (TPSA) is 45.6 Å². The second-order valence-corrected chi connectivity index (χ2v) is 4.55. The van der Waals surface area contributed by atoms with Crippen LogP contribution < -0.4 is 9.64 Å². The first-order valence-corrected chi connectivity index (χ1v) is 6.23. The third-order valence-corrected chi connectivity index (χ3v) is 3.24. The molecule has 0 saturated carbocycles. The Bertz CT molecular complexity index is 370. The molecular weight excluding hydrogens is 216 g/mol. The number of aliphatic hydroxyl groups is 1. The first kappa shape index (κ1) is 12.2. The van der Waals surface area contributed by atoms with E-state index in [4.69, 9.17) is 4.74 Å². The van der Waals surface area contributed by atoms with Crippen molar-refractivity contribution in [3.63, 3.8) is 0 Å². The summed E-state index contributed by atoms with van der Waals surface area (Å²) in [5.74, 6) is 1.92. The van der Waals surface area contributed by atoms with Gasteiger partial charge in [0.15, 0.2) is 0 Å². The summed E-state index contributed by atoms with van der Waals surface area (Å²) in [6, 6.07) is 5.76. The molecule has 2 unspecified atom stereocenters. The Morgan fingerprint density at radius 2 is 2.35 bits per heavy atom. The van der Waals surface area contributed by atoms with Gasteiger partial charge in [-0.25, -0.2) is 0 Å². The molecule has 0 aliphatic carbocycles. The number of ether oxygens (including phenoxy) is 1. The molecule has 0 radical (unpaired) electrons. The van der Waals surface area contributed by atoms with Crippen LogP contribution in [0.3, 0.4) is 0 Å². The number of hydrogen-bond donors (Lipinski definition) is 1. The molecule has 0 bridgehead atoms. The number of rotatable bonds is 3. The van der Waals surface area contributed by atoms with Crippen molar-refractivity contribution in [2.45, 2.75) is 26.4 Å². The fraction of sp³-hybridized carbons (Fsp3) is 0.615. The average Bonchev–Trinajstić information content (AvgIpc) is 2.33. The predicted octanol–water partition coefficient (Wildman–Crippen LogP) is 1.69. The lowest BCUT2D eigenvalue weighted by molar-refractivity contribution is 0.102. The van der Waals surface area contributed by atoms with Crippen molar-refractivity contribution in [3.05, 3.63) is 18.2 Å². The maximum atomic E-state index is 9.88. The molecule has 0 aromatic carbocycles. The van der Waals surface area contributed by atoms with Gasteiger partial charge in [-0.3, -0.25) is 0 Å². The summed E-state index contributed by atoms with van der Waals surface area (Å²) in [6.45, 7) is 6.26. The van der Waals surface area contributed by atoms with Crippen molar-refractivity contribution in [2.75, 3.05) is 24.6 Å². The van der Waals surface area contributed by atoms with Crippen LogP contribution in [0.25, 0.3) is 0 Å². The van der Waals surface area contributed by atoms with Gasteiger partial charge in [0.25, 0.3) is 0 Å². The maximum absolute atomic E-state index is 9.88. The number of pyridine rings is 1. The molecule has 2 atom stereocenters. The number of hydrogen-bond acceptors (Lipinski definition) is 4. The number of anilines is 1. The standard InChI is InChI=1S/C13H20N2O2/c1-3-17-13-6-4-5-12(14-13)15-8-7-10(2)11(16)9-15/h4-6,10-11,16H,3,7-9H2,1-2H3. The summed E-state index contributed by atoms with van der Waals surface area (Å²) in [5.41, 5.74) is 0. The lowest BCUT2D eigenvalue weighted by atomic mass is 9.96. The Morgan fingerprint density at radius 3 is 3.06 bits per heavy atom. The van der Waals surface area contributed by atoms with Crippen molar-refractivity contribution < 1.29 is 9.84 Å². The summed E-state index contributed by atoms with van der Waals surface area (Å²) in [6.07, 6.45) is 0.739. The fourth-order valence-electron chi connectivity index (χ4n) is 2.07. The van der Waals surface area contributed by atoms with Crippen molar-refractivity contribution >= 4 is 5.82 Å². The highest BCUT2D eigenvalue weighted by Gasteiger charge is 2.25. The van der Waals surface area contributed by atoms with E-state index in [9.17, 15) is 5.11 Å². The van der Waals surface area contributed by atoms with E-state index in [1.807, 2.05) is 25.1 Å². The molecule has 1 aliphatic heterocycles. The summed E-state index contributed by atoms with van der Waals surface area (Å²) in [4.78, 5) is 6.56. The summed E-state index contributed by atoms with van der Waals surface area (Å²) >= 11 is 0. The highest BCUT2D eigenvalue weighted by molar-refractivity contribution is 5.41. The smallest absolute Gasteiger partial charge is 0.215 e. The van der Waals surface area contributed by atoms with E-state index in [0.717, 1.165) is 18.8 Å². The highest BCUT2D eigenvalue weighted by atomic mass is 16.5. The van der Waals surface area contributed by atoms with E-state index in [-0.39, 0.29) is 6.10 Å². The molecule has 1 N–H and O–H groups in total. The van der Waals surface area contributed by atoms with Crippen LogP contribution in [-0.2, 0) is 0 Å². The summed E-state index contributed by atoms with van der Waals surface area (Å²) < 4.78 is 5.39. The number of β-amino-alcohol motifs (C(OH)–C–C–N with tert-alkyl or cyclic N) is 1. The monoisotopic (exact) mass is 236 g/mol. The minimum atomic E-state index is -0.263. The van der Waals surface area contributed by atoms with Crippen LogP contribution in [0.2, 0.25) is 0 Å². The number of piperidine rings is 1. The van der Waals surface area contributed by atoms with Crippen molar-refractivity contribution in [1.82, 2.24) is 4.98 Å². The molecule has 1 fully saturated rings. The molecule has 4 heteroatoms. The van der Waals surface area contributed by atoms with Crippen LogP contribution in [0.4, 0.5) is 5.82 Å². The number of aliphatic hydroxyl groups excluding tert-OH is 1. The maximum Gasteiger partial charge on any atom is 0.215 e. The molecule has 0 amide bonds. The van der Waals surface area contributed by atoms with E-state index < -0.39 is 0 Å². The van der Waals surface area contributed by atoms with Crippen LogP contribution in [0.15, 0.2) is 18.2 Å². The van der Waals surface area contributed by atoms with Crippen LogP contribution in [0.1, 0.15) is 20.3 Å². The Balaban J connectivity index is 2.09. The molecule has 2 heterocycles. The SMILES string of the molecule is CCOc1cccc(N2CCC(C)C(O)C2)n1. The van der Waals surface area contributed by atoms with Gasteiger partial charge in [-0.1, -0.05) is 13.0 Å². The zero-order valence-electron chi connectivity index (χ0n) is 10.5. The average molecular weight is 236 g/mol. The molecule has 0 spiro atoms. The molecule has 1 saturated heterocycles. The van der Waals surface area contributed by atoms with Gasteiger partial charge in [0.1, 0.15) is 5.82 Å². The van der Waals surface area contributed by atoms with Crippen LogP contribution in [0.5, 0.6) is 5.88 Å². The fourth-order valence-corrected chi connectivity index (χ4v) is 2.07. The van der Waals surface area contributed by atoms with Gasteiger partial charge in [-0.15, -0.1) is 0 Å². The van der Waals surface area contributed by atoms with E-state index in [0.29, 0.717) is 24.9 Å². The zero-order valence-corrected chi connectivity index (χ0v) is 10.5. The van der Waals surface area contributed by atoms with Gasteiger partial charge in [-0.05, 0) is 25.3 Å². The number of nitrogens with zero attached hydrogens (tertiary/aromatic N) is 2. The minimum absolute atomic E-state index is 0.263. The molecule has 94 valence electrons. The van der Waals surface area contributed by atoms with Crippen LogP contribution in [0, 0.1) is 5.92 Å². The largest absolute Gasteiger partial charge is 0.478 e. The normalized spacial score (nSPS) is 24.8. The highest BCUT2D eigenvalue weighted by Crippen LogP contribution is 2.23. The Kier molecular flexibility index (Phi) is 3.84. The van der Waals surface area contributed by atoms with E-state index in [1.54, 1.807) is 0 Å². The third-order valence-electron chi connectivity index (χ3n) is 3.24. The first-order chi connectivity index (χ1) is 8.20. The molecule has 2 rings (SSSR count). The summed E-state index contributed by atoms with van der Waals surface area (Å²) in [7, 11) is 0. The van der Waals surface area contributed by atoms with E-state index >= 15 is 0 Å². The molecular formula is C13H20N2O2. The van der Waals surface area contributed by atoms with Gasteiger partial charge in [0, 0.05) is 19.2 Å². The predicted molar refractivity (Wildman–Crippen MR) is 67.4 cm³/mol. The van der Waals surface area contributed by atoms with Crippen molar-refractivity contribution in [2.24, 2.45) is 5.92 Å². The first-order valence-electron chi connectivity index (χ1n) is 6.23. The molecule has 1 aromatic heterocycles. The lowest BCUT2D eigenvalue weighted by Gasteiger charge is -2.35. The van der Waals surface area contributed by atoms with Crippen LogP contribution >= 0.6 is 0 Å². The lowest BCUT2D eigenvalue weighted by Crippen LogP contribution is -2.43. The summed E-state index contributed by atoms with van der Waals surface area (Å²) in [5, 5.41) is 9.88. The van der Waals surface area contributed by atoms with E-state index in [1.165, 1.54) is 0 Å². The van der Waals surface area contributed by atoms with Gasteiger partial charge < -0.3 is 14.7 Å².